The Bertz CT molecular complexity index is 1240. The molecule has 0 aliphatic heterocycles. The zero-order chi connectivity index (χ0) is 20.7. The largest absolute Gasteiger partial charge is 0.494 e. The predicted molar refractivity (Wildman–Crippen MR) is 117 cm³/mol. The molecule has 0 atom stereocenters. The molecule has 1 amide bonds. The molecule has 0 bridgehead atoms. The molecule has 0 spiro atoms. The highest BCUT2D eigenvalue weighted by atomic mass is 16.5. The lowest BCUT2D eigenvalue weighted by Gasteiger charge is -2.19. The molecule has 0 aliphatic rings. The van der Waals surface area contributed by atoms with E-state index in [2.05, 4.69) is 35.9 Å². The van der Waals surface area contributed by atoms with Crippen molar-refractivity contribution < 1.29 is 9.53 Å². The van der Waals surface area contributed by atoms with Gasteiger partial charge in [0, 0.05) is 36.1 Å². The molecule has 2 aromatic heterocycles. The van der Waals surface area contributed by atoms with Crippen molar-refractivity contribution >= 4 is 27.7 Å². The number of nitrogens with zero attached hydrogens (tertiary/aromatic N) is 2. The van der Waals surface area contributed by atoms with Gasteiger partial charge in [-0.3, -0.25) is 9.78 Å². The number of ether oxygens (including phenoxy) is 1. The number of hydrogen-bond donors (Lipinski definition) is 1. The van der Waals surface area contributed by atoms with Crippen molar-refractivity contribution in [2.45, 2.75) is 27.3 Å². The summed E-state index contributed by atoms with van der Waals surface area (Å²) < 4.78 is 5.43. The molecule has 5 heteroatoms. The third kappa shape index (κ3) is 3.12. The number of amides is 1. The minimum Gasteiger partial charge on any atom is -0.494 e. The van der Waals surface area contributed by atoms with Crippen molar-refractivity contribution in [2.24, 2.45) is 0 Å². The van der Waals surface area contributed by atoms with E-state index in [0.717, 1.165) is 44.2 Å². The van der Waals surface area contributed by atoms with Gasteiger partial charge in [-0.15, -0.1) is 0 Å². The highest BCUT2D eigenvalue weighted by molar-refractivity contribution is 6.02. The molecular weight excluding hydrogens is 362 g/mol. The zero-order valence-corrected chi connectivity index (χ0v) is 17.5. The quantitative estimate of drug-likeness (QED) is 0.541. The van der Waals surface area contributed by atoms with E-state index >= 15 is 0 Å². The Morgan fingerprint density at radius 1 is 1.10 bits per heavy atom. The molecule has 0 saturated carbocycles. The van der Waals surface area contributed by atoms with Gasteiger partial charge in [0.2, 0.25) is 0 Å². The Morgan fingerprint density at radius 3 is 2.59 bits per heavy atom. The Morgan fingerprint density at radius 2 is 1.86 bits per heavy atom. The van der Waals surface area contributed by atoms with Gasteiger partial charge >= 0.3 is 0 Å². The summed E-state index contributed by atoms with van der Waals surface area (Å²) >= 11 is 0. The molecule has 0 saturated heterocycles. The van der Waals surface area contributed by atoms with Crippen molar-refractivity contribution in [3.8, 4) is 5.75 Å². The molecular formula is C24H25N3O2. The fourth-order valence-electron chi connectivity index (χ4n) is 4.04. The first-order chi connectivity index (χ1) is 13.9. The van der Waals surface area contributed by atoms with Crippen molar-refractivity contribution in [1.82, 2.24) is 14.9 Å². The molecule has 2 heterocycles. The van der Waals surface area contributed by atoms with Crippen molar-refractivity contribution in [1.29, 1.82) is 0 Å². The lowest BCUT2D eigenvalue weighted by Crippen LogP contribution is -2.27. The summed E-state index contributed by atoms with van der Waals surface area (Å²) in [6, 6.07) is 12.0. The first kappa shape index (κ1) is 19.0. The lowest BCUT2D eigenvalue weighted by molar-refractivity contribution is 0.0780. The van der Waals surface area contributed by atoms with Crippen LogP contribution in [0.1, 0.15) is 32.7 Å². The SMILES string of the molecule is COc1ccc(CN(C)C(=O)c2[nH]c3c(C)ccc(C)c3c2C)c2cccnc12. The summed E-state index contributed by atoms with van der Waals surface area (Å²) in [6.07, 6.45) is 1.75. The van der Waals surface area contributed by atoms with E-state index in [0.29, 0.717) is 12.2 Å². The molecule has 4 aromatic rings. The van der Waals surface area contributed by atoms with E-state index in [4.69, 9.17) is 4.74 Å². The van der Waals surface area contributed by atoms with Gasteiger partial charge in [-0.1, -0.05) is 24.3 Å². The molecule has 148 valence electrons. The van der Waals surface area contributed by atoms with Gasteiger partial charge in [-0.05, 0) is 55.2 Å². The number of benzene rings is 2. The molecule has 5 nitrogen and oxygen atoms in total. The maximum Gasteiger partial charge on any atom is 0.270 e. The Kier molecular flexibility index (Phi) is 4.74. The van der Waals surface area contributed by atoms with E-state index in [-0.39, 0.29) is 5.91 Å². The number of aromatic amines is 1. The van der Waals surface area contributed by atoms with Crippen LogP contribution in [0.3, 0.4) is 0 Å². The standard InChI is InChI=1S/C24H25N3O2/c1-14-8-9-15(2)21-20(14)16(3)22(26-21)24(28)27(4)13-17-10-11-19(29-5)23-18(17)7-6-12-25-23/h6-12,26H,13H2,1-5H3. The number of aromatic nitrogens is 2. The minimum atomic E-state index is -0.0228. The zero-order valence-electron chi connectivity index (χ0n) is 17.5. The summed E-state index contributed by atoms with van der Waals surface area (Å²) in [7, 11) is 3.47. The number of carbonyl (C=O) groups is 1. The average molecular weight is 387 g/mol. The van der Waals surface area contributed by atoms with Gasteiger partial charge in [0.05, 0.1) is 7.11 Å². The molecule has 0 aliphatic carbocycles. The number of nitrogens with one attached hydrogen (secondary N) is 1. The molecule has 0 radical (unpaired) electrons. The second kappa shape index (κ2) is 7.24. The third-order valence-electron chi connectivity index (χ3n) is 5.63. The maximum absolute atomic E-state index is 13.3. The summed E-state index contributed by atoms with van der Waals surface area (Å²) in [6.45, 7) is 6.64. The molecule has 0 unspecified atom stereocenters. The van der Waals surface area contributed by atoms with Gasteiger partial charge in [0.1, 0.15) is 17.0 Å². The summed E-state index contributed by atoms with van der Waals surface area (Å²) in [5.41, 5.74) is 6.84. The number of fused-ring (bicyclic) bond motifs is 2. The van der Waals surface area contributed by atoms with Crippen LogP contribution < -0.4 is 4.74 Å². The first-order valence-electron chi connectivity index (χ1n) is 9.67. The number of pyridine rings is 1. The fourth-order valence-corrected chi connectivity index (χ4v) is 4.04. The van der Waals surface area contributed by atoms with E-state index < -0.39 is 0 Å². The summed E-state index contributed by atoms with van der Waals surface area (Å²) in [4.78, 5) is 22.8. The highest BCUT2D eigenvalue weighted by Crippen LogP contribution is 2.30. The normalized spacial score (nSPS) is 11.2. The van der Waals surface area contributed by atoms with E-state index in [1.54, 1.807) is 18.2 Å². The van der Waals surface area contributed by atoms with Crippen LogP contribution in [0, 0.1) is 20.8 Å². The molecule has 1 N–H and O–H groups in total. The minimum absolute atomic E-state index is 0.0228. The van der Waals surface area contributed by atoms with Crippen LogP contribution in [-0.2, 0) is 6.54 Å². The van der Waals surface area contributed by atoms with Crippen LogP contribution in [0.5, 0.6) is 5.75 Å². The Hall–Kier alpha value is -3.34. The van der Waals surface area contributed by atoms with Crippen LogP contribution in [0.4, 0.5) is 0 Å². The van der Waals surface area contributed by atoms with Crippen LogP contribution in [-0.4, -0.2) is 34.9 Å². The molecule has 2 aromatic carbocycles. The topological polar surface area (TPSA) is 58.2 Å². The highest BCUT2D eigenvalue weighted by Gasteiger charge is 2.21. The first-order valence-corrected chi connectivity index (χ1v) is 9.67. The molecule has 29 heavy (non-hydrogen) atoms. The van der Waals surface area contributed by atoms with E-state index in [9.17, 15) is 4.79 Å². The number of hydrogen-bond acceptors (Lipinski definition) is 3. The van der Waals surface area contributed by atoms with Crippen LogP contribution in [0.25, 0.3) is 21.8 Å². The lowest BCUT2D eigenvalue weighted by atomic mass is 10.0. The predicted octanol–water partition coefficient (Wildman–Crippen LogP) is 4.92. The van der Waals surface area contributed by atoms with Gasteiger partial charge in [-0.25, -0.2) is 0 Å². The Balaban J connectivity index is 1.71. The van der Waals surface area contributed by atoms with E-state index in [1.807, 2.05) is 38.2 Å². The number of aryl methyl sites for hydroxylation is 3. The van der Waals surface area contributed by atoms with Gasteiger partial charge < -0.3 is 14.6 Å². The van der Waals surface area contributed by atoms with Gasteiger partial charge in [0.15, 0.2) is 0 Å². The summed E-state index contributed by atoms with van der Waals surface area (Å²) in [5, 5.41) is 2.13. The Labute approximate surface area is 170 Å². The second-order valence-electron chi connectivity index (χ2n) is 7.56. The number of carbonyl (C=O) groups excluding carboxylic acids is 1. The molecule has 4 rings (SSSR count). The summed E-state index contributed by atoms with van der Waals surface area (Å²) in [5.74, 6) is 0.709. The van der Waals surface area contributed by atoms with Crippen LogP contribution in [0.2, 0.25) is 0 Å². The van der Waals surface area contributed by atoms with Crippen molar-refractivity contribution in [2.75, 3.05) is 14.2 Å². The fraction of sp³-hybridized carbons (Fsp3) is 0.250. The monoisotopic (exact) mass is 387 g/mol. The maximum atomic E-state index is 13.3. The van der Waals surface area contributed by atoms with Gasteiger partial charge in [-0.2, -0.15) is 0 Å². The van der Waals surface area contributed by atoms with Crippen molar-refractivity contribution in [3.05, 3.63) is 70.5 Å². The van der Waals surface area contributed by atoms with Crippen molar-refractivity contribution in [3.63, 3.8) is 0 Å². The van der Waals surface area contributed by atoms with Crippen LogP contribution in [0.15, 0.2) is 42.6 Å². The average Bonchev–Trinajstić information content (AvgIpc) is 3.09. The number of methoxy groups -OCH3 is 1. The number of H-pyrrole nitrogens is 1. The molecule has 0 fully saturated rings. The van der Waals surface area contributed by atoms with E-state index in [1.165, 1.54) is 5.56 Å². The third-order valence-corrected chi connectivity index (χ3v) is 5.63. The smallest absolute Gasteiger partial charge is 0.270 e. The van der Waals surface area contributed by atoms with Gasteiger partial charge in [0.25, 0.3) is 5.91 Å². The number of rotatable bonds is 4. The van der Waals surface area contributed by atoms with Crippen LogP contribution >= 0.6 is 0 Å². The second-order valence-corrected chi connectivity index (χ2v) is 7.56.